The molecule has 1 amide bonds. The van der Waals surface area contributed by atoms with Crippen molar-refractivity contribution in [2.45, 2.75) is 4.90 Å². The first-order valence-corrected chi connectivity index (χ1v) is 5.37. The molecule has 3 nitrogen and oxygen atoms in total. The highest BCUT2D eigenvalue weighted by Crippen LogP contribution is 2.25. The summed E-state index contributed by atoms with van der Waals surface area (Å²) in [5, 5.41) is 9.25. The molecule has 1 aromatic rings. The summed E-state index contributed by atoms with van der Waals surface area (Å²) in [4.78, 5) is 14.0. The summed E-state index contributed by atoms with van der Waals surface area (Å²) in [5.41, 5.74) is 0.625. The molecule has 0 aliphatic heterocycles. The second-order valence-corrected chi connectivity index (χ2v) is 3.93. The molecule has 0 heterocycles. The van der Waals surface area contributed by atoms with Crippen LogP contribution < -0.4 is 0 Å². The highest BCUT2D eigenvalue weighted by atomic mass is 32.2. The van der Waals surface area contributed by atoms with E-state index >= 15 is 0 Å². The van der Waals surface area contributed by atoms with Gasteiger partial charge in [-0.1, -0.05) is 0 Å². The maximum absolute atomic E-state index is 11.7. The number of thioether (sulfide) groups is 1. The molecule has 0 bridgehead atoms. The number of amides is 1. The average Bonchev–Trinajstić information content (AvgIpc) is 2.16. The third-order valence-electron chi connectivity index (χ3n) is 1.82. The van der Waals surface area contributed by atoms with Gasteiger partial charge in [0.05, 0.1) is 5.56 Å². The van der Waals surface area contributed by atoms with Gasteiger partial charge >= 0.3 is 0 Å². The molecule has 0 aliphatic carbocycles. The first-order valence-electron chi connectivity index (χ1n) is 4.15. The predicted molar refractivity (Wildman–Crippen MR) is 57.9 cm³/mol. The van der Waals surface area contributed by atoms with Crippen molar-refractivity contribution < 1.29 is 9.90 Å². The van der Waals surface area contributed by atoms with Crippen molar-refractivity contribution in [3.05, 3.63) is 23.8 Å². The summed E-state index contributed by atoms with van der Waals surface area (Å²) >= 11 is 1.45. The van der Waals surface area contributed by atoms with Gasteiger partial charge in [0, 0.05) is 19.0 Å². The molecule has 0 saturated heterocycles. The molecule has 0 radical (unpaired) electrons. The molecule has 0 spiro atoms. The molecule has 0 atom stereocenters. The maximum atomic E-state index is 11.7. The third kappa shape index (κ3) is 2.20. The van der Waals surface area contributed by atoms with Crippen LogP contribution in [0.15, 0.2) is 23.1 Å². The van der Waals surface area contributed by atoms with Crippen LogP contribution in [0.25, 0.3) is 0 Å². The molecule has 0 aliphatic rings. The number of nitrogens with zero attached hydrogens (tertiary/aromatic N) is 1. The minimum absolute atomic E-state index is 0.0469. The van der Waals surface area contributed by atoms with E-state index in [0.717, 1.165) is 4.90 Å². The highest BCUT2D eigenvalue weighted by molar-refractivity contribution is 7.98. The van der Waals surface area contributed by atoms with Crippen LogP contribution in [0.5, 0.6) is 5.75 Å². The number of rotatable bonds is 2. The number of aromatic hydroxyl groups is 1. The number of phenolic OH excluding ortho intramolecular Hbond substituents is 1. The van der Waals surface area contributed by atoms with Crippen molar-refractivity contribution in [2.75, 3.05) is 20.4 Å². The third-order valence-corrected chi connectivity index (χ3v) is 2.60. The number of phenols is 1. The van der Waals surface area contributed by atoms with Gasteiger partial charge < -0.3 is 10.0 Å². The van der Waals surface area contributed by atoms with E-state index in [-0.39, 0.29) is 11.7 Å². The van der Waals surface area contributed by atoms with E-state index in [4.69, 9.17) is 0 Å². The van der Waals surface area contributed by atoms with Crippen LogP contribution in [0.2, 0.25) is 0 Å². The zero-order valence-electron chi connectivity index (χ0n) is 8.44. The van der Waals surface area contributed by atoms with Gasteiger partial charge in [-0.05, 0) is 24.5 Å². The quantitative estimate of drug-likeness (QED) is 0.758. The summed E-state index contributed by atoms with van der Waals surface area (Å²) < 4.78 is 0. The molecule has 0 saturated carbocycles. The Kier molecular flexibility index (Phi) is 3.41. The van der Waals surface area contributed by atoms with Crippen molar-refractivity contribution in [3.63, 3.8) is 0 Å². The van der Waals surface area contributed by atoms with E-state index in [1.165, 1.54) is 22.7 Å². The van der Waals surface area contributed by atoms with Gasteiger partial charge in [-0.2, -0.15) is 0 Å². The zero-order valence-corrected chi connectivity index (χ0v) is 9.26. The molecular weight excluding hydrogens is 198 g/mol. The topological polar surface area (TPSA) is 40.5 Å². The summed E-state index contributed by atoms with van der Waals surface area (Å²) in [6.07, 6.45) is 1.88. The SMILES string of the molecule is CSc1cc(O)ccc1C(=O)N(C)C. The molecule has 0 aromatic heterocycles. The van der Waals surface area contributed by atoms with Gasteiger partial charge in [-0.15, -0.1) is 11.8 Å². The normalized spacial score (nSPS) is 9.93. The van der Waals surface area contributed by atoms with Crippen LogP contribution in [0.3, 0.4) is 0 Å². The maximum Gasteiger partial charge on any atom is 0.254 e. The van der Waals surface area contributed by atoms with Gasteiger partial charge in [0.2, 0.25) is 0 Å². The largest absolute Gasteiger partial charge is 0.508 e. The Morgan fingerprint density at radius 1 is 1.43 bits per heavy atom. The minimum atomic E-state index is -0.0469. The van der Waals surface area contributed by atoms with E-state index in [9.17, 15) is 9.90 Å². The lowest BCUT2D eigenvalue weighted by Crippen LogP contribution is -2.22. The molecule has 1 aromatic carbocycles. The first-order chi connectivity index (χ1) is 6.56. The monoisotopic (exact) mass is 211 g/mol. The molecule has 1 rings (SSSR count). The molecule has 4 heteroatoms. The van der Waals surface area contributed by atoms with Gasteiger partial charge in [-0.3, -0.25) is 4.79 Å². The molecule has 1 N–H and O–H groups in total. The number of benzene rings is 1. The summed E-state index contributed by atoms with van der Waals surface area (Å²) in [6, 6.07) is 4.77. The van der Waals surface area contributed by atoms with Gasteiger partial charge in [0.25, 0.3) is 5.91 Å². The number of carbonyl (C=O) groups excluding carboxylic acids is 1. The van der Waals surface area contributed by atoms with Crippen molar-refractivity contribution >= 4 is 17.7 Å². The van der Waals surface area contributed by atoms with E-state index in [2.05, 4.69) is 0 Å². The standard InChI is InChI=1S/C10H13NO2S/c1-11(2)10(13)8-5-4-7(12)6-9(8)14-3/h4-6,12H,1-3H3. The van der Waals surface area contributed by atoms with Crippen molar-refractivity contribution in [3.8, 4) is 5.75 Å². The fourth-order valence-corrected chi connectivity index (χ4v) is 1.71. The van der Waals surface area contributed by atoms with E-state index in [0.29, 0.717) is 5.56 Å². The van der Waals surface area contributed by atoms with E-state index in [1.54, 1.807) is 26.2 Å². The van der Waals surface area contributed by atoms with E-state index < -0.39 is 0 Å². The van der Waals surface area contributed by atoms with Crippen LogP contribution in [0.1, 0.15) is 10.4 Å². The van der Waals surface area contributed by atoms with Crippen LogP contribution >= 0.6 is 11.8 Å². The van der Waals surface area contributed by atoms with Gasteiger partial charge in [0.15, 0.2) is 0 Å². The summed E-state index contributed by atoms with van der Waals surface area (Å²) in [7, 11) is 3.42. The lowest BCUT2D eigenvalue weighted by atomic mass is 10.2. The Bertz CT molecular complexity index is 350. The summed E-state index contributed by atoms with van der Waals surface area (Å²) in [6.45, 7) is 0. The highest BCUT2D eigenvalue weighted by Gasteiger charge is 2.12. The zero-order chi connectivity index (χ0) is 10.7. The van der Waals surface area contributed by atoms with Crippen molar-refractivity contribution in [2.24, 2.45) is 0 Å². The average molecular weight is 211 g/mol. The Balaban J connectivity index is 3.14. The molecule has 0 unspecified atom stereocenters. The van der Waals surface area contributed by atoms with Gasteiger partial charge in [-0.25, -0.2) is 0 Å². The molecule has 76 valence electrons. The predicted octanol–water partition coefficient (Wildman–Crippen LogP) is 1.82. The van der Waals surface area contributed by atoms with Crippen LogP contribution in [-0.2, 0) is 0 Å². The Morgan fingerprint density at radius 2 is 2.07 bits per heavy atom. The Labute approximate surface area is 87.7 Å². The molecule has 0 fully saturated rings. The van der Waals surface area contributed by atoms with Crippen LogP contribution in [0, 0.1) is 0 Å². The molecular formula is C10H13NO2S. The van der Waals surface area contributed by atoms with E-state index in [1.807, 2.05) is 6.26 Å². The fourth-order valence-electron chi connectivity index (χ4n) is 1.10. The lowest BCUT2D eigenvalue weighted by molar-refractivity contribution is 0.0824. The Hall–Kier alpha value is -1.16. The summed E-state index contributed by atoms with van der Waals surface area (Å²) in [5.74, 6) is 0.138. The van der Waals surface area contributed by atoms with Crippen LogP contribution in [0.4, 0.5) is 0 Å². The number of hydrogen-bond acceptors (Lipinski definition) is 3. The van der Waals surface area contributed by atoms with Crippen LogP contribution in [-0.4, -0.2) is 36.3 Å². The van der Waals surface area contributed by atoms with Crippen molar-refractivity contribution in [1.29, 1.82) is 0 Å². The lowest BCUT2D eigenvalue weighted by Gasteiger charge is -2.12. The Morgan fingerprint density at radius 3 is 2.57 bits per heavy atom. The first kappa shape index (κ1) is 10.9. The minimum Gasteiger partial charge on any atom is -0.508 e. The second kappa shape index (κ2) is 4.37. The molecule has 14 heavy (non-hydrogen) atoms. The van der Waals surface area contributed by atoms with Gasteiger partial charge in [0.1, 0.15) is 5.75 Å². The number of carbonyl (C=O) groups is 1. The smallest absolute Gasteiger partial charge is 0.254 e. The fraction of sp³-hybridized carbons (Fsp3) is 0.300. The van der Waals surface area contributed by atoms with Crippen molar-refractivity contribution in [1.82, 2.24) is 4.90 Å². The second-order valence-electron chi connectivity index (χ2n) is 3.08. The number of hydrogen-bond donors (Lipinski definition) is 1.